The number of carbonyl (C=O) groups excluding carboxylic acids is 1. The van der Waals surface area contributed by atoms with Crippen molar-refractivity contribution in [2.24, 2.45) is 5.41 Å². The summed E-state index contributed by atoms with van der Waals surface area (Å²) in [7, 11) is 0. The lowest BCUT2D eigenvalue weighted by molar-refractivity contribution is -0.140. The van der Waals surface area contributed by atoms with Crippen LogP contribution in [-0.2, 0) is 4.79 Å². The first-order valence-electron chi connectivity index (χ1n) is 8.75. The average Bonchev–Trinajstić information content (AvgIpc) is 2.65. The van der Waals surface area contributed by atoms with E-state index in [1.165, 1.54) is 5.56 Å². The summed E-state index contributed by atoms with van der Waals surface area (Å²) >= 11 is 0. The molecule has 24 heavy (non-hydrogen) atoms. The number of rotatable bonds is 4. The molecule has 0 N–H and O–H groups in total. The first kappa shape index (κ1) is 16.5. The largest absolute Gasteiger partial charge is 0.332 e. The fourth-order valence-electron chi connectivity index (χ4n) is 3.63. The Bertz CT molecular complexity index is 735. The van der Waals surface area contributed by atoms with Crippen LogP contribution in [0.5, 0.6) is 0 Å². The van der Waals surface area contributed by atoms with Gasteiger partial charge in [-0.3, -0.25) is 4.79 Å². The molecule has 0 saturated carbocycles. The van der Waals surface area contributed by atoms with Crippen LogP contribution in [0.3, 0.4) is 0 Å². The zero-order chi connectivity index (χ0) is 17.2. The third-order valence-electron chi connectivity index (χ3n) is 5.26. The topological polar surface area (TPSA) is 20.3 Å². The Kier molecular flexibility index (Phi) is 4.57. The highest BCUT2D eigenvalue weighted by Crippen LogP contribution is 2.46. The molecule has 124 valence electrons. The van der Waals surface area contributed by atoms with E-state index in [4.69, 9.17) is 0 Å². The highest BCUT2D eigenvalue weighted by Gasteiger charge is 2.44. The number of carbonyl (C=O) groups is 1. The van der Waals surface area contributed by atoms with Crippen molar-refractivity contribution in [3.05, 3.63) is 77.9 Å². The van der Waals surface area contributed by atoms with Crippen molar-refractivity contribution in [1.82, 2.24) is 4.90 Å². The van der Waals surface area contributed by atoms with Crippen LogP contribution in [0.4, 0.5) is 0 Å². The van der Waals surface area contributed by atoms with Crippen molar-refractivity contribution in [2.45, 2.75) is 33.2 Å². The minimum absolute atomic E-state index is 0.00136. The third kappa shape index (κ3) is 2.66. The normalized spacial score (nSPS) is 24.0. The van der Waals surface area contributed by atoms with E-state index < -0.39 is 5.41 Å². The van der Waals surface area contributed by atoms with Crippen LogP contribution in [0.2, 0.25) is 0 Å². The molecule has 0 aromatic heterocycles. The number of nitrogens with zero attached hydrogens (tertiary/aromatic N) is 1. The summed E-state index contributed by atoms with van der Waals surface area (Å²) in [4.78, 5) is 15.4. The average molecular weight is 319 g/mol. The van der Waals surface area contributed by atoms with Crippen LogP contribution in [0.25, 0.3) is 5.57 Å². The van der Waals surface area contributed by atoms with Gasteiger partial charge in [-0.05, 0) is 37.0 Å². The van der Waals surface area contributed by atoms with E-state index in [1.54, 1.807) is 0 Å². The lowest BCUT2D eigenvalue weighted by atomic mass is 9.71. The van der Waals surface area contributed by atoms with Gasteiger partial charge in [0.05, 0.1) is 11.5 Å². The van der Waals surface area contributed by atoms with E-state index in [1.807, 2.05) is 41.3 Å². The highest BCUT2D eigenvalue weighted by atomic mass is 16.2. The number of hydrogen-bond donors (Lipinski definition) is 0. The molecular formula is C22H25NO. The Morgan fingerprint density at radius 2 is 1.54 bits per heavy atom. The zero-order valence-electron chi connectivity index (χ0n) is 14.7. The molecule has 0 aliphatic carbocycles. The van der Waals surface area contributed by atoms with Crippen molar-refractivity contribution in [3.63, 3.8) is 0 Å². The molecule has 1 heterocycles. The number of amides is 1. The molecule has 0 saturated heterocycles. The molecule has 2 heteroatoms. The number of hydrogen-bond acceptors (Lipinski definition) is 1. The number of likely N-dealkylation sites (N-methyl/N-ethyl adjacent to an activating group) is 1. The molecule has 0 bridgehead atoms. The Morgan fingerprint density at radius 1 is 0.958 bits per heavy atom. The molecule has 0 spiro atoms. The Balaban J connectivity index is 2.19. The van der Waals surface area contributed by atoms with Crippen LogP contribution >= 0.6 is 0 Å². The highest BCUT2D eigenvalue weighted by molar-refractivity contribution is 5.98. The van der Waals surface area contributed by atoms with Gasteiger partial charge in [-0.2, -0.15) is 0 Å². The molecule has 0 fully saturated rings. The quantitative estimate of drug-likeness (QED) is 0.768. The van der Waals surface area contributed by atoms with Gasteiger partial charge in [0, 0.05) is 6.54 Å². The van der Waals surface area contributed by atoms with E-state index in [2.05, 4.69) is 51.1 Å². The van der Waals surface area contributed by atoms with E-state index >= 15 is 0 Å². The lowest BCUT2D eigenvalue weighted by Gasteiger charge is -2.44. The number of benzene rings is 2. The van der Waals surface area contributed by atoms with Crippen LogP contribution in [0, 0.1) is 5.41 Å². The van der Waals surface area contributed by atoms with E-state index in [-0.39, 0.29) is 11.9 Å². The van der Waals surface area contributed by atoms with Crippen molar-refractivity contribution < 1.29 is 4.79 Å². The fourth-order valence-corrected chi connectivity index (χ4v) is 3.63. The maximum atomic E-state index is 13.4. The maximum Gasteiger partial charge on any atom is 0.233 e. The minimum atomic E-state index is -0.470. The summed E-state index contributed by atoms with van der Waals surface area (Å²) in [5.41, 5.74) is 2.99. The Labute approximate surface area is 144 Å². The van der Waals surface area contributed by atoms with E-state index in [9.17, 15) is 4.79 Å². The molecule has 2 atom stereocenters. The molecule has 1 aliphatic rings. The summed E-state index contributed by atoms with van der Waals surface area (Å²) in [5, 5.41) is 0. The van der Waals surface area contributed by atoms with Gasteiger partial charge in [0.15, 0.2) is 0 Å². The van der Waals surface area contributed by atoms with Crippen molar-refractivity contribution in [1.29, 1.82) is 0 Å². The minimum Gasteiger partial charge on any atom is -0.332 e. The van der Waals surface area contributed by atoms with Crippen LogP contribution < -0.4 is 0 Å². The smallest absolute Gasteiger partial charge is 0.233 e. The van der Waals surface area contributed by atoms with Gasteiger partial charge >= 0.3 is 0 Å². The predicted octanol–water partition coefficient (Wildman–Crippen LogP) is 5.09. The first-order valence-corrected chi connectivity index (χ1v) is 8.75. The third-order valence-corrected chi connectivity index (χ3v) is 5.26. The van der Waals surface area contributed by atoms with Gasteiger partial charge in [-0.25, -0.2) is 0 Å². The van der Waals surface area contributed by atoms with Gasteiger partial charge < -0.3 is 4.90 Å². The molecule has 0 radical (unpaired) electrons. The fraction of sp³-hybridized carbons (Fsp3) is 0.318. The second-order valence-corrected chi connectivity index (χ2v) is 6.58. The van der Waals surface area contributed by atoms with Gasteiger partial charge in [0.2, 0.25) is 5.91 Å². The predicted molar refractivity (Wildman–Crippen MR) is 99.4 cm³/mol. The summed E-state index contributed by atoms with van der Waals surface area (Å²) in [6.07, 6.45) is 3.09. The van der Waals surface area contributed by atoms with Crippen molar-refractivity contribution in [2.75, 3.05) is 6.54 Å². The Morgan fingerprint density at radius 3 is 2.08 bits per heavy atom. The van der Waals surface area contributed by atoms with Crippen molar-refractivity contribution >= 4 is 11.5 Å². The second kappa shape index (κ2) is 6.64. The molecular weight excluding hydrogens is 294 g/mol. The van der Waals surface area contributed by atoms with E-state index in [0.29, 0.717) is 6.54 Å². The summed E-state index contributed by atoms with van der Waals surface area (Å²) < 4.78 is 0. The molecule has 2 nitrogen and oxygen atoms in total. The SMILES string of the molecule is CCN1C(=O)C(C)(CC)C(c2ccccc2)=CC1c1ccccc1. The molecule has 2 aromatic carbocycles. The zero-order valence-corrected chi connectivity index (χ0v) is 14.7. The molecule has 1 aliphatic heterocycles. The second-order valence-electron chi connectivity index (χ2n) is 6.58. The molecule has 2 aromatic rings. The monoisotopic (exact) mass is 319 g/mol. The summed E-state index contributed by atoms with van der Waals surface area (Å²) in [6.45, 7) is 6.96. The van der Waals surface area contributed by atoms with Crippen molar-refractivity contribution in [3.8, 4) is 0 Å². The Hall–Kier alpha value is -2.35. The summed E-state index contributed by atoms with van der Waals surface area (Å²) in [5.74, 6) is 0.225. The van der Waals surface area contributed by atoms with E-state index in [0.717, 1.165) is 17.6 Å². The van der Waals surface area contributed by atoms with Gasteiger partial charge in [0.25, 0.3) is 0 Å². The van der Waals surface area contributed by atoms with Crippen LogP contribution in [0.1, 0.15) is 44.4 Å². The van der Waals surface area contributed by atoms with Gasteiger partial charge in [-0.1, -0.05) is 73.7 Å². The molecule has 1 amide bonds. The van der Waals surface area contributed by atoms with Crippen LogP contribution in [0.15, 0.2) is 66.7 Å². The maximum absolute atomic E-state index is 13.4. The first-order chi connectivity index (χ1) is 11.6. The lowest BCUT2D eigenvalue weighted by Crippen LogP contribution is -2.47. The van der Waals surface area contributed by atoms with Gasteiger partial charge in [0.1, 0.15) is 0 Å². The summed E-state index contributed by atoms with van der Waals surface area (Å²) in [6, 6.07) is 20.6. The standard InChI is InChI=1S/C22H25NO/c1-4-22(3)19(17-12-8-6-9-13-17)16-20(23(5-2)21(22)24)18-14-10-7-11-15-18/h6-16,20H,4-5H2,1-3H3. The molecule has 2 unspecified atom stereocenters. The van der Waals surface area contributed by atoms with Gasteiger partial charge in [-0.15, -0.1) is 0 Å². The van der Waals surface area contributed by atoms with Crippen LogP contribution in [-0.4, -0.2) is 17.4 Å². The molecule has 3 rings (SSSR count).